The number of amides is 2. The van der Waals surface area contributed by atoms with Crippen molar-refractivity contribution < 1.29 is 28.2 Å². The van der Waals surface area contributed by atoms with Crippen molar-refractivity contribution in [1.29, 1.82) is 0 Å². The summed E-state index contributed by atoms with van der Waals surface area (Å²) in [4.78, 5) is 32.5. The molecule has 33 heavy (non-hydrogen) atoms. The number of benzene rings is 1. The van der Waals surface area contributed by atoms with Gasteiger partial charge in [-0.25, -0.2) is 9.78 Å². The lowest BCUT2D eigenvalue weighted by Gasteiger charge is -2.11. The van der Waals surface area contributed by atoms with E-state index in [4.69, 9.17) is 47.6 Å². The van der Waals surface area contributed by atoms with Crippen LogP contribution in [-0.4, -0.2) is 35.7 Å². The van der Waals surface area contributed by atoms with Gasteiger partial charge in [0.1, 0.15) is 0 Å². The van der Waals surface area contributed by atoms with E-state index < -0.39 is 18.1 Å². The second kappa shape index (κ2) is 10.4. The summed E-state index contributed by atoms with van der Waals surface area (Å²) in [6.07, 6.45) is 0.584. The summed E-state index contributed by atoms with van der Waals surface area (Å²) in [5, 5.41) is 2.82. The zero-order valence-electron chi connectivity index (χ0n) is 17.8. The van der Waals surface area contributed by atoms with Crippen LogP contribution in [0.25, 0.3) is 11.5 Å². The van der Waals surface area contributed by atoms with E-state index >= 15 is 0 Å². The second-order valence-corrected chi connectivity index (χ2v) is 7.36. The number of oxazole rings is 1. The van der Waals surface area contributed by atoms with Gasteiger partial charge >= 0.3 is 6.09 Å². The summed E-state index contributed by atoms with van der Waals surface area (Å²) in [6, 6.07) is 4.99. The van der Waals surface area contributed by atoms with Crippen LogP contribution in [0.4, 0.5) is 10.5 Å². The fourth-order valence-corrected chi connectivity index (χ4v) is 3.36. The summed E-state index contributed by atoms with van der Waals surface area (Å²) in [6.45, 7) is 3.72. The lowest BCUT2D eigenvalue weighted by Crippen LogP contribution is -2.19. The molecule has 0 bridgehead atoms. The number of pyridine rings is 1. The van der Waals surface area contributed by atoms with Crippen LogP contribution in [0.5, 0.6) is 11.5 Å². The first-order valence-electron chi connectivity index (χ1n) is 9.63. The van der Waals surface area contributed by atoms with Crippen LogP contribution >= 0.6 is 23.2 Å². The summed E-state index contributed by atoms with van der Waals surface area (Å²) >= 11 is 12.2. The molecule has 10 nitrogen and oxygen atoms in total. The van der Waals surface area contributed by atoms with Gasteiger partial charge in [-0.15, -0.1) is 0 Å². The monoisotopic (exact) mass is 494 g/mol. The number of nitrogens with one attached hydrogen (secondary N) is 1. The summed E-state index contributed by atoms with van der Waals surface area (Å²) in [7, 11) is 1.52. The van der Waals surface area contributed by atoms with Gasteiger partial charge in [-0.2, -0.15) is 0 Å². The van der Waals surface area contributed by atoms with Crippen molar-refractivity contribution in [3.05, 3.63) is 52.1 Å². The molecule has 3 N–H and O–H groups in total. The topological polar surface area (TPSA) is 139 Å². The molecule has 0 saturated carbocycles. The molecule has 0 aliphatic rings. The highest BCUT2D eigenvalue weighted by Gasteiger charge is 2.28. The van der Waals surface area contributed by atoms with Crippen LogP contribution in [-0.2, 0) is 4.74 Å². The number of ether oxygens (including phenoxy) is 3. The third-order valence-corrected chi connectivity index (χ3v) is 4.91. The largest absolute Gasteiger partial charge is 0.493 e. The summed E-state index contributed by atoms with van der Waals surface area (Å²) < 4.78 is 21.7. The number of methoxy groups -OCH3 is 1. The molecule has 1 unspecified atom stereocenters. The van der Waals surface area contributed by atoms with Crippen molar-refractivity contribution in [3.63, 3.8) is 0 Å². The number of hydrogen-bond donors (Lipinski definition) is 2. The Kier molecular flexibility index (Phi) is 7.62. The average Bonchev–Trinajstić information content (AvgIpc) is 3.22. The highest BCUT2D eigenvalue weighted by Crippen LogP contribution is 2.35. The molecule has 1 atom stereocenters. The van der Waals surface area contributed by atoms with E-state index in [0.29, 0.717) is 23.7 Å². The van der Waals surface area contributed by atoms with Crippen molar-refractivity contribution in [2.24, 2.45) is 5.73 Å². The first-order valence-corrected chi connectivity index (χ1v) is 10.4. The van der Waals surface area contributed by atoms with Crippen LogP contribution in [0.2, 0.25) is 10.0 Å². The Labute approximate surface area is 198 Å². The fraction of sp³-hybridized carbons (Fsp3) is 0.238. The van der Waals surface area contributed by atoms with Gasteiger partial charge in [-0.05, 0) is 32.0 Å². The fourth-order valence-electron chi connectivity index (χ4n) is 2.90. The maximum atomic E-state index is 13.1. The van der Waals surface area contributed by atoms with Crippen LogP contribution < -0.4 is 20.5 Å². The number of anilines is 1. The summed E-state index contributed by atoms with van der Waals surface area (Å²) in [5.74, 6) is 0.313. The maximum Gasteiger partial charge on any atom is 0.405 e. The highest BCUT2D eigenvalue weighted by molar-refractivity contribution is 6.39. The number of carbonyl (C=O) groups excluding carboxylic acids is 2. The quantitative estimate of drug-likeness (QED) is 0.452. The Morgan fingerprint density at radius 2 is 1.91 bits per heavy atom. The number of carbonyl (C=O) groups is 2. The molecule has 2 heterocycles. The molecule has 3 rings (SSSR count). The standard InChI is InChI=1S/C21H20Cl2N4O6/c1-4-31-15-7-11(5-6-14(15)30-3)20-27-17(18(33-20)10(2)32-21(24)29)19(28)26-16-12(22)8-25-9-13(16)23/h5-10H,4H2,1-3H3,(H2,24,29)(H,25,26,28). The first kappa shape index (κ1) is 24.1. The molecule has 1 aromatic carbocycles. The lowest BCUT2D eigenvalue weighted by molar-refractivity contribution is 0.0956. The van der Waals surface area contributed by atoms with Crippen molar-refractivity contribution >= 4 is 40.9 Å². The SMILES string of the molecule is CCOc1cc(-c2nc(C(=O)Nc3c(Cl)cncc3Cl)c(C(C)OC(N)=O)o2)ccc1OC. The molecule has 0 spiro atoms. The number of nitrogens with two attached hydrogens (primary N) is 1. The predicted octanol–water partition coefficient (Wildman–Crippen LogP) is 4.86. The molecular formula is C21H20Cl2N4O6. The minimum absolute atomic E-state index is 0.0311. The number of halogens is 2. The molecule has 12 heteroatoms. The predicted molar refractivity (Wildman–Crippen MR) is 121 cm³/mol. The van der Waals surface area contributed by atoms with Gasteiger partial charge in [-0.3, -0.25) is 9.78 Å². The average molecular weight is 495 g/mol. The zero-order chi connectivity index (χ0) is 24.1. The molecule has 3 aromatic rings. The van der Waals surface area contributed by atoms with Gasteiger partial charge in [-0.1, -0.05) is 23.2 Å². The number of nitrogens with zero attached hydrogens (tertiary/aromatic N) is 2. The van der Waals surface area contributed by atoms with Gasteiger partial charge in [0, 0.05) is 18.0 Å². The molecule has 0 fully saturated rings. The Hall–Kier alpha value is -3.50. The Balaban J connectivity index is 2.05. The van der Waals surface area contributed by atoms with Crippen molar-refractivity contribution in [2.75, 3.05) is 19.0 Å². The van der Waals surface area contributed by atoms with E-state index in [1.54, 1.807) is 18.2 Å². The lowest BCUT2D eigenvalue weighted by atomic mass is 10.2. The number of primary amides is 1. The van der Waals surface area contributed by atoms with Gasteiger partial charge in [0.05, 0.1) is 29.4 Å². The summed E-state index contributed by atoms with van der Waals surface area (Å²) in [5.41, 5.74) is 5.60. The van der Waals surface area contributed by atoms with Crippen molar-refractivity contribution in [1.82, 2.24) is 9.97 Å². The van der Waals surface area contributed by atoms with Crippen LogP contribution in [0.15, 0.2) is 35.0 Å². The minimum atomic E-state index is -1.05. The van der Waals surface area contributed by atoms with Crippen LogP contribution in [0, 0.1) is 0 Å². The van der Waals surface area contributed by atoms with E-state index in [-0.39, 0.29) is 33.1 Å². The van der Waals surface area contributed by atoms with Crippen molar-refractivity contribution in [2.45, 2.75) is 20.0 Å². The van der Waals surface area contributed by atoms with Gasteiger partial charge in [0.2, 0.25) is 5.89 Å². The van der Waals surface area contributed by atoms with E-state index in [1.165, 1.54) is 26.4 Å². The first-order chi connectivity index (χ1) is 15.7. The Morgan fingerprint density at radius 3 is 2.52 bits per heavy atom. The minimum Gasteiger partial charge on any atom is -0.493 e. The van der Waals surface area contributed by atoms with E-state index in [9.17, 15) is 9.59 Å². The van der Waals surface area contributed by atoms with Crippen LogP contribution in [0.3, 0.4) is 0 Å². The number of rotatable bonds is 8. The van der Waals surface area contributed by atoms with E-state index in [0.717, 1.165) is 0 Å². The molecule has 0 aliphatic carbocycles. The molecule has 0 aliphatic heterocycles. The molecule has 2 aromatic heterocycles. The number of aromatic nitrogens is 2. The molecule has 2 amide bonds. The van der Waals surface area contributed by atoms with Gasteiger partial charge in [0.25, 0.3) is 5.91 Å². The molecule has 0 saturated heterocycles. The Bertz CT molecular complexity index is 1160. The second-order valence-electron chi connectivity index (χ2n) is 6.54. The molecule has 0 radical (unpaired) electrons. The third kappa shape index (κ3) is 5.47. The van der Waals surface area contributed by atoms with Gasteiger partial charge < -0.3 is 29.7 Å². The normalized spacial score (nSPS) is 11.5. The highest BCUT2D eigenvalue weighted by atomic mass is 35.5. The Morgan fingerprint density at radius 1 is 1.21 bits per heavy atom. The van der Waals surface area contributed by atoms with Crippen molar-refractivity contribution in [3.8, 4) is 23.0 Å². The van der Waals surface area contributed by atoms with E-state index in [2.05, 4.69) is 15.3 Å². The molecular weight excluding hydrogens is 475 g/mol. The number of hydrogen-bond acceptors (Lipinski definition) is 8. The smallest absolute Gasteiger partial charge is 0.405 e. The van der Waals surface area contributed by atoms with Gasteiger partial charge in [0.15, 0.2) is 29.1 Å². The van der Waals surface area contributed by atoms with Crippen LogP contribution in [0.1, 0.15) is 36.2 Å². The van der Waals surface area contributed by atoms with E-state index in [1.807, 2.05) is 6.92 Å². The maximum absolute atomic E-state index is 13.1. The molecule has 174 valence electrons. The zero-order valence-corrected chi connectivity index (χ0v) is 19.4. The third-order valence-electron chi connectivity index (χ3n) is 4.33.